The topological polar surface area (TPSA) is 59.0 Å². The van der Waals surface area contributed by atoms with Crippen LogP contribution in [0.4, 0.5) is 22.7 Å². The first-order chi connectivity index (χ1) is 47.9. The van der Waals surface area contributed by atoms with Gasteiger partial charge in [-0.05, 0) is 248 Å². The zero-order valence-corrected chi connectivity index (χ0v) is 55.4. The van der Waals surface area contributed by atoms with E-state index < -0.39 is 0 Å². The molecule has 4 aromatic heterocycles. The van der Waals surface area contributed by atoms with Gasteiger partial charge in [-0.3, -0.25) is 0 Å². The van der Waals surface area contributed by atoms with Crippen LogP contribution in [0, 0.1) is 23.2 Å². The molecule has 0 saturated heterocycles. The Labute approximate surface area is 569 Å². The van der Waals surface area contributed by atoms with Crippen LogP contribution >= 0.6 is 0 Å². The van der Waals surface area contributed by atoms with Crippen LogP contribution in [0.1, 0.15) is 88.4 Å². The van der Waals surface area contributed by atoms with Gasteiger partial charge in [-0.2, -0.15) is 0 Å². The van der Waals surface area contributed by atoms with Gasteiger partial charge in [0.15, 0.2) is 0 Å². The summed E-state index contributed by atoms with van der Waals surface area (Å²) in [7, 11) is 0. The standard InChI is InChI=1S/C92H72N2O4/c1-91(2)79-17-9-7-15-75(79)77-45-59-29-39-73(43-65(59)47-81(77)91)93(69-31-21-55(22-32-69)85-49-61-13-5-11-19-83(61)95-85)71-35-25-57(26-36-71)87-53-67-41-63-52-90-68(42-64(63)51-89(67)97-87)54-88(98-90)58-27-37-72(38-28-58)94(70-33-23-56(24-34-70)86-50-62-14-6-12-20-84(62)96-86)74-40-30-60-46-78-76-16-8-10-18-80(76)92(3,4)82(78)48-66(60)44-74/h5-7,9-15,17-21,23-31,33-37,39-54,72,77-78,81-82H,8,16,22,32,38H2,1-4H3. The second-order valence-electron chi connectivity index (χ2n) is 29.4. The molecule has 6 heteroatoms. The van der Waals surface area contributed by atoms with Gasteiger partial charge < -0.3 is 27.5 Å². The van der Waals surface area contributed by atoms with Crippen molar-refractivity contribution in [2.45, 2.75) is 77.2 Å². The van der Waals surface area contributed by atoms with Crippen molar-refractivity contribution in [3.63, 3.8) is 0 Å². The Bertz CT molecular complexity index is 5880. The van der Waals surface area contributed by atoms with Gasteiger partial charge in [0.2, 0.25) is 0 Å². The minimum Gasteiger partial charge on any atom is -0.456 e. The molecule has 5 unspecified atom stereocenters. The Morgan fingerprint density at radius 3 is 1.68 bits per heavy atom. The fourth-order valence-electron chi connectivity index (χ4n) is 17.9. The number of fused-ring (bicyclic) bond motifs is 12. The highest BCUT2D eigenvalue weighted by Gasteiger charge is 2.47. The molecule has 0 N–H and O–H groups in total. The first-order valence-electron chi connectivity index (χ1n) is 35.1. The first-order valence-corrected chi connectivity index (χ1v) is 35.1. The number of nitrogens with zero attached hydrogens (tertiary/aromatic N) is 2. The van der Waals surface area contributed by atoms with Crippen LogP contribution in [-0.2, 0) is 5.41 Å². The number of furan rings is 4. The van der Waals surface area contributed by atoms with Gasteiger partial charge >= 0.3 is 0 Å². The van der Waals surface area contributed by atoms with E-state index in [1.165, 1.54) is 49.0 Å². The molecule has 98 heavy (non-hydrogen) atoms. The fraction of sp³-hybridized carbons (Fsp3) is 0.174. The van der Waals surface area contributed by atoms with Gasteiger partial charge in [0.05, 0.1) is 6.04 Å². The van der Waals surface area contributed by atoms with Crippen molar-refractivity contribution in [3.8, 4) is 22.6 Å². The van der Waals surface area contributed by atoms with E-state index >= 15 is 0 Å². The maximum absolute atomic E-state index is 6.80. The minimum absolute atomic E-state index is 0.0262. The van der Waals surface area contributed by atoms with Crippen molar-refractivity contribution in [1.29, 1.82) is 0 Å². The molecule has 0 saturated carbocycles. The second-order valence-corrected chi connectivity index (χ2v) is 29.4. The smallest absolute Gasteiger partial charge is 0.135 e. The Morgan fingerprint density at radius 1 is 0.418 bits per heavy atom. The molecule has 7 aliphatic rings. The molecule has 6 nitrogen and oxygen atoms in total. The minimum atomic E-state index is 0.0262. The summed E-state index contributed by atoms with van der Waals surface area (Å²) < 4.78 is 26.3. The molecule has 474 valence electrons. The Hall–Kier alpha value is -11.1. The fourth-order valence-corrected chi connectivity index (χ4v) is 17.9. The van der Waals surface area contributed by atoms with E-state index in [2.05, 4.69) is 286 Å². The largest absolute Gasteiger partial charge is 0.456 e. The summed E-state index contributed by atoms with van der Waals surface area (Å²) in [4.78, 5) is 4.96. The summed E-state index contributed by atoms with van der Waals surface area (Å²) in [5, 5.41) is 11.8. The maximum atomic E-state index is 6.80. The summed E-state index contributed by atoms with van der Waals surface area (Å²) in [6.45, 7) is 9.73. The van der Waals surface area contributed by atoms with Gasteiger partial charge in [-0.15, -0.1) is 0 Å². The molecular weight excluding hydrogens is 1200 g/mol. The number of hydrogen-bond acceptors (Lipinski definition) is 6. The molecule has 13 aromatic rings. The van der Waals surface area contributed by atoms with E-state index in [0.29, 0.717) is 23.7 Å². The molecule has 7 aliphatic carbocycles. The number of rotatable bonds is 10. The highest BCUT2D eigenvalue weighted by atomic mass is 16.3. The van der Waals surface area contributed by atoms with Crippen molar-refractivity contribution >= 4 is 113 Å². The van der Waals surface area contributed by atoms with Gasteiger partial charge in [-0.1, -0.05) is 167 Å². The van der Waals surface area contributed by atoms with Crippen LogP contribution < -0.4 is 30.7 Å². The Morgan fingerprint density at radius 2 is 1.00 bits per heavy atom. The van der Waals surface area contributed by atoms with E-state index in [-0.39, 0.29) is 16.9 Å². The Balaban J connectivity index is 0.588. The number of hydrogen-bond donors (Lipinski definition) is 0. The first kappa shape index (κ1) is 57.2. The molecule has 20 rings (SSSR count). The maximum Gasteiger partial charge on any atom is 0.135 e. The van der Waals surface area contributed by atoms with Gasteiger partial charge in [0, 0.05) is 78.5 Å². The second kappa shape index (κ2) is 21.7. The summed E-state index contributed by atoms with van der Waals surface area (Å²) >= 11 is 0. The average molecular weight is 1270 g/mol. The van der Waals surface area contributed by atoms with E-state index in [0.717, 1.165) is 144 Å². The zero-order chi connectivity index (χ0) is 65.1. The zero-order valence-electron chi connectivity index (χ0n) is 55.4. The van der Waals surface area contributed by atoms with Crippen LogP contribution in [0.15, 0.2) is 283 Å². The predicted octanol–water partition coefficient (Wildman–Crippen LogP) is 21.4. The summed E-state index contributed by atoms with van der Waals surface area (Å²) in [6.07, 6.45) is 31.4. The summed E-state index contributed by atoms with van der Waals surface area (Å²) in [6, 6.07) is 75.2. The van der Waals surface area contributed by atoms with E-state index in [4.69, 9.17) is 17.7 Å². The van der Waals surface area contributed by atoms with Crippen molar-refractivity contribution in [2.24, 2.45) is 23.2 Å². The van der Waals surface area contributed by atoms with Gasteiger partial charge in [0.1, 0.15) is 45.4 Å². The molecule has 0 bridgehead atoms. The van der Waals surface area contributed by atoms with Crippen molar-refractivity contribution in [3.05, 3.63) is 309 Å². The SMILES string of the molecule is CC1(C)C2=C(CCC=C2)C2C=c3ccc(N(c4ccc(-c5cc6ccccc6o5)cc4)C4C=CC(c5cc6cc7cc8oc(-c9ccc(N(C%10=CC=C(c%11cc%12ccccc%12o%11)CC%10)c%10ccc%11c(c%10)=CC%10C(C=%11)c%11ccccc%11C%10(C)C)cc9)cc8cc7cc6o5)=CC4)cc3=CC21. The number of allylic oxidation sites excluding steroid dienone is 10. The highest BCUT2D eigenvalue weighted by Crippen LogP contribution is 2.56. The Kier molecular flexibility index (Phi) is 12.7. The molecule has 5 atom stereocenters. The number of anilines is 4. The van der Waals surface area contributed by atoms with Crippen molar-refractivity contribution in [2.75, 3.05) is 9.80 Å². The van der Waals surface area contributed by atoms with Gasteiger partial charge in [-0.25, -0.2) is 0 Å². The molecule has 0 aliphatic heterocycles. The van der Waals surface area contributed by atoms with E-state index in [1.54, 1.807) is 11.1 Å². The third-order valence-corrected chi connectivity index (χ3v) is 23.1. The van der Waals surface area contributed by atoms with E-state index in [9.17, 15) is 0 Å². The molecule has 0 radical (unpaired) electrons. The summed E-state index contributed by atoms with van der Waals surface area (Å²) in [5.74, 6) is 5.13. The van der Waals surface area contributed by atoms with Crippen molar-refractivity contribution < 1.29 is 17.7 Å². The average Bonchev–Trinajstić information content (AvgIpc) is 1.56. The predicted molar refractivity (Wildman–Crippen MR) is 403 cm³/mol. The van der Waals surface area contributed by atoms with Crippen LogP contribution in [0.3, 0.4) is 0 Å². The van der Waals surface area contributed by atoms with Crippen molar-refractivity contribution in [1.82, 2.24) is 0 Å². The molecule has 9 aromatic carbocycles. The summed E-state index contributed by atoms with van der Waals surface area (Å²) in [5.41, 5.74) is 19.9. The molecule has 0 amide bonds. The monoisotopic (exact) mass is 1270 g/mol. The third-order valence-electron chi connectivity index (χ3n) is 23.1. The van der Waals surface area contributed by atoms with Gasteiger partial charge in [0.25, 0.3) is 0 Å². The molecular formula is C92H72N2O4. The van der Waals surface area contributed by atoms with Crippen LogP contribution in [0.25, 0.3) is 113 Å². The lowest BCUT2D eigenvalue weighted by atomic mass is 9.72. The lowest BCUT2D eigenvalue weighted by Crippen LogP contribution is -2.37. The van der Waals surface area contributed by atoms with Crippen LogP contribution in [0.5, 0.6) is 0 Å². The van der Waals surface area contributed by atoms with Crippen LogP contribution in [-0.4, -0.2) is 6.04 Å². The number of benzene rings is 9. The lowest BCUT2D eigenvalue weighted by molar-refractivity contribution is 0.346. The molecule has 0 spiro atoms. The van der Waals surface area contributed by atoms with E-state index in [1.807, 2.05) is 24.3 Å². The van der Waals surface area contributed by atoms with Crippen LogP contribution in [0.2, 0.25) is 0 Å². The molecule has 4 heterocycles. The third kappa shape index (κ3) is 9.20. The molecule has 0 fully saturated rings. The highest BCUT2D eigenvalue weighted by molar-refractivity contribution is 6.04. The lowest BCUT2D eigenvalue weighted by Gasteiger charge is -2.34. The normalized spacial score (nSPS) is 20.7. The quantitative estimate of drug-likeness (QED) is 0.136. The number of para-hydroxylation sites is 2.